The van der Waals surface area contributed by atoms with E-state index in [1.165, 1.54) is 0 Å². The van der Waals surface area contributed by atoms with Gasteiger partial charge in [-0.25, -0.2) is 0 Å². The van der Waals surface area contributed by atoms with Crippen molar-refractivity contribution in [2.24, 2.45) is 0 Å². The number of benzene rings is 1. The first kappa shape index (κ1) is 13.7. The molecule has 0 spiro atoms. The van der Waals surface area contributed by atoms with Crippen LogP contribution in [0.1, 0.15) is 26.2 Å². The molecule has 1 fully saturated rings. The van der Waals surface area contributed by atoms with Gasteiger partial charge in [0.25, 0.3) is 0 Å². The highest BCUT2D eigenvalue weighted by atomic mass is 35.5. The van der Waals surface area contributed by atoms with Crippen molar-refractivity contribution in [3.63, 3.8) is 0 Å². The molecule has 1 aliphatic heterocycles. The van der Waals surface area contributed by atoms with Gasteiger partial charge in [-0.3, -0.25) is 0 Å². The van der Waals surface area contributed by atoms with Crippen LogP contribution in [0.25, 0.3) is 0 Å². The van der Waals surface area contributed by atoms with E-state index in [1.54, 1.807) is 0 Å². The van der Waals surface area contributed by atoms with Gasteiger partial charge in [0.2, 0.25) is 0 Å². The summed E-state index contributed by atoms with van der Waals surface area (Å²) in [5.74, 6) is 0. The van der Waals surface area contributed by atoms with Crippen LogP contribution in [0.15, 0.2) is 24.3 Å². The molecule has 1 aromatic carbocycles. The number of aliphatic hydroxyl groups is 1. The van der Waals surface area contributed by atoms with Crippen molar-refractivity contribution in [1.82, 2.24) is 0 Å². The summed E-state index contributed by atoms with van der Waals surface area (Å²) in [5.41, 5.74) is 0.664. The van der Waals surface area contributed by atoms with E-state index in [4.69, 9.17) is 16.3 Å². The molecule has 3 nitrogen and oxygen atoms in total. The Labute approximate surface area is 113 Å². The molecule has 0 aliphatic carbocycles. The lowest BCUT2D eigenvalue weighted by atomic mass is 9.86. The van der Waals surface area contributed by atoms with Gasteiger partial charge in [-0.1, -0.05) is 24.6 Å². The minimum atomic E-state index is -0.288. The van der Waals surface area contributed by atoms with E-state index in [0.717, 1.165) is 24.9 Å². The fraction of sp³-hybridized carbons (Fsp3) is 0.571. The minimum absolute atomic E-state index is 0.110. The Bertz CT molecular complexity index is 399. The quantitative estimate of drug-likeness (QED) is 0.883. The summed E-state index contributed by atoms with van der Waals surface area (Å²) in [6.07, 6.45) is 2.83. The zero-order valence-electron chi connectivity index (χ0n) is 10.7. The van der Waals surface area contributed by atoms with Gasteiger partial charge >= 0.3 is 0 Å². The second-order valence-electron chi connectivity index (χ2n) is 4.93. The van der Waals surface area contributed by atoms with Gasteiger partial charge in [0.05, 0.1) is 18.2 Å². The zero-order chi connectivity index (χ0) is 13.0. The van der Waals surface area contributed by atoms with Crippen LogP contribution >= 0.6 is 11.6 Å². The largest absolute Gasteiger partial charge is 0.394 e. The van der Waals surface area contributed by atoms with Crippen molar-refractivity contribution in [1.29, 1.82) is 0 Å². The summed E-state index contributed by atoms with van der Waals surface area (Å²) in [6.45, 7) is 2.91. The molecule has 0 aromatic heterocycles. The van der Waals surface area contributed by atoms with E-state index in [2.05, 4.69) is 12.2 Å². The van der Waals surface area contributed by atoms with E-state index in [0.29, 0.717) is 11.6 Å². The van der Waals surface area contributed by atoms with Crippen molar-refractivity contribution < 1.29 is 9.84 Å². The molecule has 0 bridgehead atoms. The molecule has 18 heavy (non-hydrogen) atoms. The molecule has 1 heterocycles. The first-order valence-electron chi connectivity index (χ1n) is 6.44. The van der Waals surface area contributed by atoms with Crippen LogP contribution in [-0.4, -0.2) is 30.0 Å². The predicted octanol–water partition coefficient (Wildman–Crippen LogP) is 3.07. The van der Waals surface area contributed by atoms with Crippen LogP contribution in [0, 0.1) is 0 Å². The van der Waals surface area contributed by atoms with Crippen molar-refractivity contribution in [2.45, 2.75) is 37.8 Å². The van der Waals surface area contributed by atoms with Gasteiger partial charge in [0.1, 0.15) is 0 Å². The molecular formula is C14H20ClNO2. The van der Waals surface area contributed by atoms with Gasteiger partial charge < -0.3 is 15.2 Å². The lowest BCUT2D eigenvalue weighted by Gasteiger charge is -2.41. The highest BCUT2D eigenvalue weighted by Gasteiger charge is 2.35. The molecule has 1 aliphatic rings. The van der Waals surface area contributed by atoms with Gasteiger partial charge in [-0.05, 0) is 37.5 Å². The van der Waals surface area contributed by atoms with Crippen molar-refractivity contribution in [3.05, 3.63) is 29.3 Å². The fourth-order valence-electron chi connectivity index (χ4n) is 2.45. The molecular weight excluding hydrogens is 250 g/mol. The lowest BCUT2D eigenvalue weighted by Crippen LogP contribution is -2.49. The monoisotopic (exact) mass is 269 g/mol. The second kappa shape index (κ2) is 5.91. The van der Waals surface area contributed by atoms with Gasteiger partial charge in [-0.2, -0.15) is 0 Å². The molecule has 2 unspecified atom stereocenters. The predicted molar refractivity (Wildman–Crippen MR) is 74.2 cm³/mol. The highest BCUT2D eigenvalue weighted by Crippen LogP contribution is 2.30. The highest BCUT2D eigenvalue weighted by molar-refractivity contribution is 6.30. The number of halogens is 1. The van der Waals surface area contributed by atoms with E-state index < -0.39 is 0 Å². The lowest BCUT2D eigenvalue weighted by molar-refractivity contribution is -0.0273. The Morgan fingerprint density at radius 3 is 3.06 bits per heavy atom. The molecule has 2 atom stereocenters. The summed E-state index contributed by atoms with van der Waals surface area (Å²) >= 11 is 5.98. The number of anilines is 1. The van der Waals surface area contributed by atoms with E-state index in [-0.39, 0.29) is 18.2 Å². The molecule has 0 saturated carbocycles. The van der Waals surface area contributed by atoms with E-state index in [9.17, 15) is 5.11 Å². The fourth-order valence-corrected chi connectivity index (χ4v) is 2.64. The Kier molecular flexibility index (Phi) is 4.49. The number of hydrogen-bond donors (Lipinski definition) is 2. The summed E-state index contributed by atoms with van der Waals surface area (Å²) in [6, 6.07) is 7.61. The third-order valence-corrected chi connectivity index (χ3v) is 3.78. The zero-order valence-corrected chi connectivity index (χ0v) is 11.4. The molecule has 4 heteroatoms. The maximum absolute atomic E-state index is 9.73. The summed E-state index contributed by atoms with van der Waals surface area (Å²) in [7, 11) is 0. The Morgan fingerprint density at radius 1 is 1.56 bits per heavy atom. The standard InChI is InChI=1S/C14H20ClNO2/c1-2-13-9-14(10-17,6-7-18-13)16-12-5-3-4-11(15)8-12/h3-5,8,13,16-17H,2,6-7,9-10H2,1H3. The molecule has 100 valence electrons. The Morgan fingerprint density at radius 2 is 2.39 bits per heavy atom. The first-order chi connectivity index (χ1) is 8.67. The molecule has 1 aromatic rings. The summed E-state index contributed by atoms with van der Waals surface area (Å²) < 4.78 is 5.67. The van der Waals surface area contributed by atoms with Crippen molar-refractivity contribution in [3.8, 4) is 0 Å². The van der Waals surface area contributed by atoms with Crippen molar-refractivity contribution in [2.75, 3.05) is 18.5 Å². The molecule has 2 rings (SSSR count). The number of nitrogens with one attached hydrogen (secondary N) is 1. The summed E-state index contributed by atoms with van der Waals surface area (Å²) in [5, 5.41) is 13.9. The normalized spacial score (nSPS) is 28.1. The Hall–Kier alpha value is -0.770. The molecule has 0 radical (unpaired) electrons. The third-order valence-electron chi connectivity index (χ3n) is 3.54. The van der Waals surface area contributed by atoms with Gasteiger partial charge in [0, 0.05) is 17.3 Å². The van der Waals surface area contributed by atoms with Crippen LogP contribution in [0.2, 0.25) is 5.02 Å². The van der Waals surface area contributed by atoms with E-state index >= 15 is 0 Å². The maximum atomic E-state index is 9.73. The average Bonchev–Trinajstić information content (AvgIpc) is 2.39. The molecule has 1 saturated heterocycles. The van der Waals surface area contributed by atoms with Crippen LogP contribution in [0.5, 0.6) is 0 Å². The average molecular weight is 270 g/mol. The number of ether oxygens (including phenoxy) is 1. The minimum Gasteiger partial charge on any atom is -0.394 e. The number of rotatable bonds is 4. The van der Waals surface area contributed by atoms with Gasteiger partial charge in [-0.15, -0.1) is 0 Å². The second-order valence-corrected chi connectivity index (χ2v) is 5.37. The number of hydrogen-bond acceptors (Lipinski definition) is 3. The maximum Gasteiger partial charge on any atom is 0.0663 e. The molecule has 2 N–H and O–H groups in total. The Balaban J connectivity index is 2.12. The SMILES string of the molecule is CCC1CC(CO)(Nc2cccc(Cl)c2)CCO1. The van der Waals surface area contributed by atoms with Crippen molar-refractivity contribution >= 4 is 17.3 Å². The van der Waals surface area contributed by atoms with E-state index in [1.807, 2.05) is 24.3 Å². The first-order valence-corrected chi connectivity index (χ1v) is 6.81. The topological polar surface area (TPSA) is 41.5 Å². The third kappa shape index (κ3) is 3.16. The summed E-state index contributed by atoms with van der Waals surface area (Å²) in [4.78, 5) is 0. The van der Waals surface area contributed by atoms with Crippen LogP contribution in [0.4, 0.5) is 5.69 Å². The van der Waals surface area contributed by atoms with Crippen LogP contribution in [0.3, 0.4) is 0 Å². The van der Waals surface area contributed by atoms with Crippen LogP contribution < -0.4 is 5.32 Å². The van der Waals surface area contributed by atoms with Crippen LogP contribution in [-0.2, 0) is 4.74 Å². The smallest absolute Gasteiger partial charge is 0.0663 e. The van der Waals surface area contributed by atoms with Gasteiger partial charge in [0.15, 0.2) is 0 Å². The number of aliphatic hydroxyl groups excluding tert-OH is 1. The molecule has 0 amide bonds.